The molecule has 0 aliphatic carbocycles. The van der Waals surface area contributed by atoms with E-state index in [4.69, 9.17) is 5.73 Å². The van der Waals surface area contributed by atoms with Crippen LogP contribution in [0.2, 0.25) is 0 Å². The van der Waals surface area contributed by atoms with Crippen LogP contribution in [0.5, 0.6) is 0 Å². The Bertz CT molecular complexity index is 687. The fraction of sp³-hybridized carbons (Fsp3) is 0.0909. The summed E-state index contributed by atoms with van der Waals surface area (Å²) in [6.45, 7) is 1.88. The molecule has 0 spiro atoms. The monoisotopic (exact) mass is 258 g/mol. The second-order valence-corrected chi connectivity index (χ2v) is 4.71. The summed E-state index contributed by atoms with van der Waals surface area (Å²) in [5, 5.41) is 9.72. The van der Waals surface area contributed by atoms with Crippen LogP contribution in [0, 0.1) is 6.92 Å². The van der Waals surface area contributed by atoms with Gasteiger partial charge in [0.15, 0.2) is 5.65 Å². The molecule has 18 heavy (non-hydrogen) atoms. The molecule has 90 valence electrons. The number of hydrogen-bond acceptors (Lipinski definition) is 6. The van der Waals surface area contributed by atoms with Crippen molar-refractivity contribution in [3.63, 3.8) is 0 Å². The number of nitrogen functional groups attached to an aromatic ring is 1. The molecule has 0 bridgehead atoms. The van der Waals surface area contributed by atoms with Crippen LogP contribution >= 0.6 is 11.8 Å². The first-order chi connectivity index (χ1) is 8.72. The van der Waals surface area contributed by atoms with E-state index in [-0.39, 0.29) is 5.95 Å². The minimum atomic E-state index is 0.270. The molecule has 6 nitrogen and oxygen atoms in total. The topological polar surface area (TPSA) is 82.0 Å². The van der Waals surface area contributed by atoms with Gasteiger partial charge in [0.1, 0.15) is 5.03 Å². The Labute approximate surface area is 107 Å². The van der Waals surface area contributed by atoms with Crippen LogP contribution in [0.15, 0.2) is 40.6 Å². The third-order valence-corrected chi connectivity index (χ3v) is 3.21. The minimum absolute atomic E-state index is 0.270. The zero-order valence-corrected chi connectivity index (χ0v) is 10.4. The number of pyridine rings is 1. The standard InChI is InChI=1S/C11H10N6S/c1-7-6-9(14-10(12)13-7)18-11-16-15-8-4-2-3-5-17(8)11/h2-6H,1H3,(H2,12,13,14). The maximum atomic E-state index is 5.62. The summed E-state index contributed by atoms with van der Waals surface area (Å²) in [7, 11) is 0. The van der Waals surface area contributed by atoms with Crippen molar-refractivity contribution in [1.82, 2.24) is 24.6 Å². The lowest BCUT2D eigenvalue weighted by Crippen LogP contribution is -1.98. The average Bonchev–Trinajstić information content (AvgIpc) is 2.72. The first-order valence-corrected chi connectivity index (χ1v) is 6.13. The Balaban J connectivity index is 2.01. The molecule has 0 unspecified atom stereocenters. The van der Waals surface area contributed by atoms with Crippen molar-refractivity contribution < 1.29 is 0 Å². The molecule has 0 aliphatic rings. The smallest absolute Gasteiger partial charge is 0.221 e. The third kappa shape index (κ3) is 2.00. The molecule has 3 aromatic rings. The summed E-state index contributed by atoms with van der Waals surface area (Å²) in [6.07, 6.45) is 1.91. The van der Waals surface area contributed by atoms with Crippen LogP contribution in [0.3, 0.4) is 0 Å². The van der Waals surface area contributed by atoms with Crippen molar-refractivity contribution in [2.45, 2.75) is 17.1 Å². The predicted molar refractivity (Wildman–Crippen MR) is 68.3 cm³/mol. The van der Waals surface area contributed by atoms with Gasteiger partial charge in [-0.25, -0.2) is 9.97 Å². The van der Waals surface area contributed by atoms with Crippen molar-refractivity contribution in [1.29, 1.82) is 0 Å². The highest BCUT2D eigenvalue weighted by Gasteiger charge is 2.08. The summed E-state index contributed by atoms with van der Waals surface area (Å²) < 4.78 is 1.90. The molecular weight excluding hydrogens is 248 g/mol. The molecule has 0 amide bonds. The van der Waals surface area contributed by atoms with E-state index in [1.807, 2.05) is 41.8 Å². The lowest BCUT2D eigenvalue weighted by molar-refractivity contribution is 0.914. The van der Waals surface area contributed by atoms with Crippen LogP contribution < -0.4 is 5.73 Å². The first kappa shape index (κ1) is 11.0. The van der Waals surface area contributed by atoms with Crippen molar-refractivity contribution in [3.8, 4) is 0 Å². The fourth-order valence-corrected chi connectivity index (χ4v) is 2.49. The quantitative estimate of drug-likeness (QED) is 0.702. The summed E-state index contributed by atoms with van der Waals surface area (Å²) in [5.74, 6) is 0.270. The summed E-state index contributed by atoms with van der Waals surface area (Å²) >= 11 is 1.41. The predicted octanol–water partition coefficient (Wildman–Crippen LogP) is 1.56. The molecule has 2 N–H and O–H groups in total. The number of rotatable bonds is 2. The second kappa shape index (κ2) is 4.26. The molecule has 0 saturated heterocycles. The van der Waals surface area contributed by atoms with Crippen LogP contribution in [-0.2, 0) is 0 Å². The number of aromatic nitrogens is 5. The molecular formula is C11H10N6S. The fourth-order valence-electron chi connectivity index (χ4n) is 1.60. The number of fused-ring (bicyclic) bond motifs is 1. The van der Waals surface area contributed by atoms with Crippen LogP contribution in [0.4, 0.5) is 5.95 Å². The van der Waals surface area contributed by atoms with E-state index in [1.165, 1.54) is 11.8 Å². The van der Waals surface area contributed by atoms with Crippen molar-refractivity contribution >= 4 is 23.4 Å². The van der Waals surface area contributed by atoms with Gasteiger partial charge in [-0.05, 0) is 36.9 Å². The zero-order valence-electron chi connectivity index (χ0n) is 9.61. The SMILES string of the molecule is Cc1cc(Sc2nnc3ccccn23)nc(N)n1. The Morgan fingerprint density at radius 3 is 2.94 bits per heavy atom. The molecule has 0 aromatic carbocycles. The van der Waals surface area contributed by atoms with Gasteiger partial charge in [0, 0.05) is 11.9 Å². The summed E-state index contributed by atoms with van der Waals surface area (Å²) in [6, 6.07) is 7.62. The van der Waals surface area contributed by atoms with Gasteiger partial charge >= 0.3 is 0 Å². The Kier molecular flexibility index (Phi) is 2.60. The number of nitrogens with zero attached hydrogens (tertiary/aromatic N) is 5. The largest absolute Gasteiger partial charge is 0.368 e. The van der Waals surface area contributed by atoms with Gasteiger partial charge in [-0.2, -0.15) is 0 Å². The van der Waals surface area contributed by atoms with E-state index in [0.29, 0.717) is 0 Å². The second-order valence-electron chi connectivity index (χ2n) is 3.72. The number of aryl methyl sites for hydroxylation is 1. The van der Waals surface area contributed by atoms with E-state index in [0.717, 1.165) is 21.5 Å². The molecule has 0 radical (unpaired) electrons. The Morgan fingerprint density at radius 1 is 1.22 bits per heavy atom. The summed E-state index contributed by atoms with van der Waals surface area (Å²) in [5.41, 5.74) is 7.26. The molecule has 0 atom stereocenters. The van der Waals surface area contributed by atoms with Gasteiger partial charge in [0.25, 0.3) is 0 Å². The summed E-state index contributed by atoms with van der Waals surface area (Å²) in [4.78, 5) is 8.20. The van der Waals surface area contributed by atoms with E-state index in [9.17, 15) is 0 Å². The van der Waals surface area contributed by atoms with Crippen LogP contribution in [0.25, 0.3) is 5.65 Å². The highest BCUT2D eigenvalue weighted by atomic mass is 32.2. The molecule has 0 aliphatic heterocycles. The van der Waals surface area contributed by atoms with Gasteiger partial charge in [-0.15, -0.1) is 10.2 Å². The first-order valence-electron chi connectivity index (χ1n) is 5.31. The molecule has 3 heterocycles. The average molecular weight is 258 g/mol. The molecule has 0 saturated carbocycles. The number of nitrogens with two attached hydrogens (primary N) is 1. The number of anilines is 1. The van der Waals surface area contributed by atoms with Gasteiger partial charge in [-0.1, -0.05) is 6.07 Å². The van der Waals surface area contributed by atoms with Gasteiger partial charge in [-0.3, -0.25) is 4.40 Å². The van der Waals surface area contributed by atoms with Crippen LogP contribution in [-0.4, -0.2) is 24.6 Å². The van der Waals surface area contributed by atoms with E-state index >= 15 is 0 Å². The van der Waals surface area contributed by atoms with Crippen molar-refractivity contribution in [2.24, 2.45) is 0 Å². The zero-order chi connectivity index (χ0) is 12.5. The van der Waals surface area contributed by atoms with E-state index < -0.39 is 0 Å². The maximum Gasteiger partial charge on any atom is 0.221 e. The Hall–Kier alpha value is -2.15. The minimum Gasteiger partial charge on any atom is -0.368 e. The van der Waals surface area contributed by atoms with Gasteiger partial charge in [0.2, 0.25) is 11.1 Å². The highest BCUT2D eigenvalue weighted by Crippen LogP contribution is 2.25. The third-order valence-electron chi connectivity index (χ3n) is 2.33. The normalized spacial score (nSPS) is 10.9. The van der Waals surface area contributed by atoms with Crippen molar-refractivity contribution in [3.05, 3.63) is 36.2 Å². The van der Waals surface area contributed by atoms with Gasteiger partial charge in [0.05, 0.1) is 0 Å². The van der Waals surface area contributed by atoms with Crippen molar-refractivity contribution in [2.75, 3.05) is 5.73 Å². The lowest BCUT2D eigenvalue weighted by atomic mass is 10.5. The molecule has 0 fully saturated rings. The van der Waals surface area contributed by atoms with E-state index in [1.54, 1.807) is 0 Å². The molecule has 3 rings (SSSR count). The highest BCUT2D eigenvalue weighted by molar-refractivity contribution is 7.99. The lowest BCUT2D eigenvalue weighted by Gasteiger charge is -2.01. The Morgan fingerprint density at radius 2 is 2.11 bits per heavy atom. The maximum absolute atomic E-state index is 5.62. The number of hydrogen-bond donors (Lipinski definition) is 1. The van der Waals surface area contributed by atoms with Crippen LogP contribution in [0.1, 0.15) is 5.69 Å². The molecule has 3 aromatic heterocycles. The van der Waals surface area contributed by atoms with Gasteiger partial charge < -0.3 is 5.73 Å². The van der Waals surface area contributed by atoms with E-state index in [2.05, 4.69) is 20.2 Å². The molecule has 7 heteroatoms.